The molecule has 9 heteroatoms. The first kappa shape index (κ1) is 21.2. The summed E-state index contributed by atoms with van der Waals surface area (Å²) in [6.07, 6.45) is 5.50. The molecule has 0 saturated heterocycles. The summed E-state index contributed by atoms with van der Waals surface area (Å²) in [5.41, 5.74) is 10.5. The van der Waals surface area contributed by atoms with E-state index in [2.05, 4.69) is 10.1 Å². The molecule has 0 spiro atoms. The van der Waals surface area contributed by atoms with Gasteiger partial charge in [-0.25, -0.2) is 4.98 Å². The maximum Gasteiger partial charge on any atom is 0.270 e. The number of aromatic nitrogens is 3. The predicted octanol–water partition coefficient (Wildman–Crippen LogP) is 3.87. The number of aryl methyl sites for hydroxylation is 2. The molecule has 0 bridgehead atoms. The molecule has 2 N–H and O–H groups in total. The highest BCUT2D eigenvalue weighted by molar-refractivity contribution is 7.17. The maximum absolute atomic E-state index is 13.2. The first-order valence-electron chi connectivity index (χ1n) is 8.20. The highest BCUT2D eigenvalue weighted by Gasteiger charge is 2.27. The number of thiazole rings is 1. The topological polar surface area (TPSA) is 77.0 Å². The number of nitrogens with zero attached hydrogens (tertiary/aromatic N) is 4. The van der Waals surface area contributed by atoms with Gasteiger partial charge in [-0.15, -0.1) is 36.2 Å². The number of benzene rings is 1. The van der Waals surface area contributed by atoms with Crippen LogP contribution in [0.25, 0.3) is 10.6 Å². The smallest absolute Gasteiger partial charge is 0.270 e. The summed E-state index contributed by atoms with van der Waals surface area (Å²) in [6, 6.07) is 5.77. The molecule has 1 aliphatic rings. The third-order valence-electron chi connectivity index (χ3n) is 4.47. The number of anilines is 2. The Balaban J connectivity index is 0.00000131. The zero-order valence-electron chi connectivity index (χ0n) is 15.0. The minimum Gasteiger partial charge on any atom is -0.398 e. The standard InChI is InChI=1S/C18H19N5OS.2ClH/c1-11-16(25-17(21-11)12-9-20-22(2)10-12)18(24)23-8-4-5-13-14(19)6-3-7-15(13)23;;/h3,6-7,9-10H,4-5,8,19H2,1-2H3;2*1H. The van der Waals surface area contributed by atoms with Crippen LogP contribution in [-0.4, -0.2) is 27.2 Å². The summed E-state index contributed by atoms with van der Waals surface area (Å²) in [4.78, 5) is 20.3. The molecule has 0 fully saturated rings. The first-order valence-corrected chi connectivity index (χ1v) is 9.02. The van der Waals surface area contributed by atoms with Crippen molar-refractivity contribution in [2.75, 3.05) is 17.2 Å². The SMILES string of the molecule is Cc1nc(-c2cnn(C)c2)sc1C(=O)N1CCCc2c(N)cccc21.Cl.Cl. The molecule has 4 rings (SSSR count). The molecule has 1 aromatic carbocycles. The molecule has 0 unspecified atom stereocenters. The van der Waals surface area contributed by atoms with Crippen molar-refractivity contribution in [3.05, 3.63) is 46.7 Å². The molecule has 3 aromatic rings. The second kappa shape index (κ2) is 8.29. The van der Waals surface area contributed by atoms with Crippen LogP contribution in [0.15, 0.2) is 30.6 Å². The van der Waals surface area contributed by atoms with E-state index in [9.17, 15) is 4.79 Å². The average Bonchev–Trinajstić information content (AvgIpc) is 3.20. The number of nitrogens with two attached hydrogens (primary N) is 1. The lowest BCUT2D eigenvalue weighted by atomic mass is 9.99. The second-order valence-corrected chi connectivity index (χ2v) is 7.24. The second-order valence-electron chi connectivity index (χ2n) is 6.24. The monoisotopic (exact) mass is 425 g/mol. The lowest BCUT2D eigenvalue weighted by molar-refractivity contribution is 0.0988. The summed E-state index contributed by atoms with van der Waals surface area (Å²) in [5, 5.41) is 5.00. The Labute approximate surface area is 174 Å². The number of hydrogen-bond donors (Lipinski definition) is 1. The molecule has 1 aliphatic heterocycles. The Morgan fingerprint density at radius 3 is 2.78 bits per heavy atom. The summed E-state index contributed by atoms with van der Waals surface area (Å²) < 4.78 is 1.73. The molecule has 0 aliphatic carbocycles. The lowest BCUT2D eigenvalue weighted by Gasteiger charge is -2.30. The van der Waals surface area contributed by atoms with Crippen molar-refractivity contribution in [3.63, 3.8) is 0 Å². The Bertz CT molecular complexity index is 969. The first-order chi connectivity index (χ1) is 12.0. The third-order valence-corrected chi connectivity index (χ3v) is 5.67. The van der Waals surface area contributed by atoms with Crippen molar-refractivity contribution in [2.45, 2.75) is 19.8 Å². The number of hydrogen-bond acceptors (Lipinski definition) is 5. The fourth-order valence-corrected chi connectivity index (χ4v) is 4.23. The molecule has 27 heavy (non-hydrogen) atoms. The lowest BCUT2D eigenvalue weighted by Crippen LogP contribution is -2.35. The van der Waals surface area contributed by atoms with Gasteiger partial charge in [0.15, 0.2) is 0 Å². The van der Waals surface area contributed by atoms with Crippen LogP contribution in [0.3, 0.4) is 0 Å². The van der Waals surface area contributed by atoms with E-state index in [4.69, 9.17) is 5.73 Å². The fourth-order valence-electron chi connectivity index (χ4n) is 3.24. The summed E-state index contributed by atoms with van der Waals surface area (Å²) >= 11 is 1.42. The zero-order valence-corrected chi connectivity index (χ0v) is 17.5. The van der Waals surface area contributed by atoms with Crippen LogP contribution in [-0.2, 0) is 13.5 Å². The van der Waals surface area contributed by atoms with Crippen LogP contribution in [0.1, 0.15) is 27.3 Å². The van der Waals surface area contributed by atoms with Gasteiger partial charge in [-0.2, -0.15) is 5.10 Å². The molecular weight excluding hydrogens is 405 g/mol. The average molecular weight is 426 g/mol. The van der Waals surface area contributed by atoms with Gasteiger partial charge in [0.2, 0.25) is 0 Å². The molecule has 0 radical (unpaired) electrons. The van der Waals surface area contributed by atoms with Crippen LogP contribution < -0.4 is 10.6 Å². The van der Waals surface area contributed by atoms with E-state index in [1.54, 1.807) is 10.9 Å². The van der Waals surface area contributed by atoms with Crippen molar-refractivity contribution in [1.82, 2.24) is 14.8 Å². The van der Waals surface area contributed by atoms with Gasteiger partial charge in [0, 0.05) is 36.7 Å². The number of rotatable bonds is 2. The number of halogens is 2. The number of carbonyl (C=O) groups excluding carboxylic acids is 1. The zero-order chi connectivity index (χ0) is 17.6. The van der Waals surface area contributed by atoms with Gasteiger partial charge in [-0.3, -0.25) is 9.48 Å². The maximum atomic E-state index is 13.2. The van der Waals surface area contributed by atoms with E-state index in [0.29, 0.717) is 11.4 Å². The van der Waals surface area contributed by atoms with Gasteiger partial charge in [-0.1, -0.05) is 6.07 Å². The number of nitrogen functional groups attached to an aromatic ring is 1. The molecule has 3 heterocycles. The van der Waals surface area contributed by atoms with Crippen LogP contribution in [0.4, 0.5) is 11.4 Å². The summed E-state index contributed by atoms with van der Waals surface area (Å²) in [5.74, 6) is -0.00306. The van der Waals surface area contributed by atoms with E-state index in [1.807, 2.05) is 43.3 Å². The molecule has 6 nitrogen and oxygen atoms in total. The minimum absolute atomic E-state index is 0. The Hall–Kier alpha value is -2.09. The molecule has 0 saturated carbocycles. The molecule has 144 valence electrons. The van der Waals surface area contributed by atoms with Crippen molar-refractivity contribution in [1.29, 1.82) is 0 Å². The predicted molar refractivity (Wildman–Crippen MR) is 114 cm³/mol. The Morgan fingerprint density at radius 1 is 1.30 bits per heavy atom. The van der Waals surface area contributed by atoms with E-state index in [-0.39, 0.29) is 30.7 Å². The normalized spacial score (nSPS) is 12.7. The number of fused-ring (bicyclic) bond motifs is 1. The highest BCUT2D eigenvalue weighted by atomic mass is 35.5. The van der Waals surface area contributed by atoms with E-state index in [1.165, 1.54) is 11.3 Å². The van der Waals surface area contributed by atoms with E-state index in [0.717, 1.165) is 46.0 Å². The van der Waals surface area contributed by atoms with Crippen LogP contribution in [0.5, 0.6) is 0 Å². The van der Waals surface area contributed by atoms with Crippen molar-refractivity contribution in [2.24, 2.45) is 7.05 Å². The fraction of sp³-hybridized carbons (Fsp3) is 0.278. The van der Waals surface area contributed by atoms with Crippen molar-refractivity contribution < 1.29 is 4.79 Å². The molecule has 0 atom stereocenters. The van der Waals surface area contributed by atoms with Gasteiger partial charge in [0.25, 0.3) is 5.91 Å². The largest absolute Gasteiger partial charge is 0.398 e. The van der Waals surface area contributed by atoms with Crippen molar-refractivity contribution >= 4 is 53.4 Å². The number of amides is 1. The molecular formula is C18H21Cl2N5OS. The van der Waals surface area contributed by atoms with E-state index >= 15 is 0 Å². The highest BCUT2D eigenvalue weighted by Crippen LogP contribution is 2.34. The Kier molecular flexibility index (Phi) is 6.51. The van der Waals surface area contributed by atoms with Crippen LogP contribution in [0.2, 0.25) is 0 Å². The van der Waals surface area contributed by atoms with Gasteiger partial charge in [0.05, 0.1) is 11.9 Å². The minimum atomic E-state index is -0.00306. The van der Waals surface area contributed by atoms with Crippen LogP contribution in [0, 0.1) is 6.92 Å². The number of carbonyl (C=O) groups is 1. The summed E-state index contributed by atoms with van der Waals surface area (Å²) in [7, 11) is 1.87. The van der Waals surface area contributed by atoms with E-state index < -0.39 is 0 Å². The van der Waals surface area contributed by atoms with Gasteiger partial charge < -0.3 is 10.6 Å². The summed E-state index contributed by atoms with van der Waals surface area (Å²) in [6.45, 7) is 2.59. The van der Waals surface area contributed by atoms with Gasteiger partial charge in [-0.05, 0) is 37.5 Å². The van der Waals surface area contributed by atoms with Gasteiger partial charge in [0.1, 0.15) is 9.88 Å². The molecule has 1 amide bonds. The Morgan fingerprint density at radius 2 is 2.07 bits per heavy atom. The quantitative estimate of drug-likeness (QED) is 0.632. The van der Waals surface area contributed by atoms with Crippen molar-refractivity contribution in [3.8, 4) is 10.6 Å². The molecule has 2 aromatic heterocycles. The van der Waals surface area contributed by atoms with Crippen LogP contribution >= 0.6 is 36.2 Å². The third kappa shape index (κ3) is 3.81. The van der Waals surface area contributed by atoms with Gasteiger partial charge >= 0.3 is 0 Å².